The molecule has 1 unspecified atom stereocenters. The molecule has 1 atom stereocenters. The average Bonchev–Trinajstić information content (AvgIpc) is 3.22. The van der Waals surface area contributed by atoms with Gasteiger partial charge < -0.3 is 0 Å². The first-order valence-electron chi connectivity index (χ1n) is 9.29. The Morgan fingerprint density at radius 1 is 1.31 bits per heavy atom. The van der Waals surface area contributed by atoms with Gasteiger partial charge >= 0.3 is 0 Å². The molecule has 1 saturated carbocycles. The summed E-state index contributed by atoms with van der Waals surface area (Å²) in [6.07, 6.45) is 8.17. The zero-order valence-corrected chi connectivity index (χ0v) is 15.9. The zero-order chi connectivity index (χ0) is 18.1. The number of nitrogens with one attached hydrogen (secondary N) is 1. The van der Waals surface area contributed by atoms with Crippen LogP contribution in [-0.4, -0.2) is 51.2 Å². The van der Waals surface area contributed by atoms with Gasteiger partial charge in [0.1, 0.15) is 0 Å². The van der Waals surface area contributed by atoms with Gasteiger partial charge in [-0.1, -0.05) is 0 Å². The molecule has 0 spiro atoms. The molecule has 1 aliphatic carbocycles. The molecule has 9 heteroatoms. The lowest BCUT2D eigenvalue weighted by Crippen LogP contribution is -2.39. The molecule has 4 rings (SSSR count). The molecule has 0 aromatic carbocycles. The Balaban J connectivity index is 1.39. The van der Waals surface area contributed by atoms with Crippen LogP contribution in [0.2, 0.25) is 0 Å². The second-order valence-electron chi connectivity index (χ2n) is 7.22. The number of sulfonamides is 1. The molecule has 2 aromatic heterocycles. The maximum absolute atomic E-state index is 12.0. The van der Waals surface area contributed by atoms with Crippen LogP contribution in [0, 0.1) is 0 Å². The largest absolute Gasteiger partial charge is 0.291 e. The van der Waals surface area contributed by atoms with Gasteiger partial charge in [-0.05, 0) is 32.3 Å². The van der Waals surface area contributed by atoms with Gasteiger partial charge in [-0.3, -0.25) is 14.3 Å². The summed E-state index contributed by atoms with van der Waals surface area (Å²) in [4.78, 5) is 2.38. The molecule has 26 heavy (non-hydrogen) atoms. The predicted molar refractivity (Wildman–Crippen MR) is 97.8 cm³/mol. The Bertz CT molecular complexity index is 854. The van der Waals surface area contributed by atoms with Gasteiger partial charge in [-0.15, -0.1) is 0 Å². The molecule has 1 aliphatic heterocycles. The molecule has 0 amide bonds. The Labute approximate surface area is 154 Å². The summed E-state index contributed by atoms with van der Waals surface area (Å²) in [5, 5.41) is 8.64. The van der Waals surface area contributed by atoms with E-state index in [4.69, 9.17) is 0 Å². The van der Waals surface area contributed by atoms with Gasteiger partial charge in [0.2, 0.25) is 10.0 Å². The van der Waals surface area contributed by atoms with Crippen molar-refractivity contribution in [1.29, 1.82) is 0 Å². The number of fused-ring (bicyclic) bond motifs is 1. The lowest BCUT2D eigenvalue weighted by molar-refractivity contribution is 0.162. The van der Waals surface area contributed by atoms with Crippen molar-refractivity contribution in [2.45, 2.75) is 57.1 Å². The summed E-state index contributed by atoms with van der Waals surface area (Å²) in [5.74, 6) is 0. The summed E-state index contributed by atoms with van der Waals surface area (Å²) < 4.78 is 30.8. The smallest absolute Gasteiger partial charge is 0.214 e. The van der Waals surface area contributed by atoms with E-state index in [0.717, 1.165) is 45.4 Å². The summed E-state index contributed by atoms with van der Waals surface area (Å²) in [7, 11) is -3.12. The topological polar surface area (TPSA) is 85.0 Å². The number of hydrogen-bond donors (Lipinski definition) is 1. The van der Waals surface area contributed by atoms with Crippen molar-refractivity contribution in [1.82, 2.24) is 29.2 Å². The molecule has 0 bridgehead atoms. The van der Waals surface area contributed by atoms with Gasteiger partial charge in [0, 0.05) is 50.7 Å². The number of nitrogens with zero attached hydrogens (tertiary/aromatic N) is 5. The normalized spacial score (nSPS) is 21.0. The van der Waals surface area contributed by atoms with Gasteiger partial charge in [0.05, 0.1) is 23.2 Å². The molecule has 1 N–H and O–H groups in total. The van der Waals surface area contributed by atoms with E-state index < -0.39 is 10.0 Å². The molecule has 142 valence electrons. The predicted octanol–water partition coefficient (Wildman–Crippen LogP) is 1.13. The van der Waals surface area contributed by atoms with Crippen LogP contribution in [0.5, 0.6) is 0 Å². The SMILES string of the molecule is CCn1cc(CN2Cc3ccnn3C(CCNS(=O)(=O)C3CC3)C2)cn1. The van der Waals surface area contributed by atoms with Crippen molar-refractivity contribution in [2.75, 3.05) is 13.1 Å². The van der Waals surface area contributed by atoms with Crippen LogP contribution in [0.15, 0.2) is 24.7 Å². The maximum atomic E-state index is 12.0. The third-order valence-electron chi connectivity index (χ3n) is 5.11. The second-order valence-corrected chi connectivity index (χ2v) is 9.27. The Kier molecular flexibility index (Phi) is 4.85. The van der Waals surface area contributed by atoms with Crippen LogP contribution in [0.3, 0.4) is 0 Å². The number of hydrogen-bond acceptors (Lipinski definition) is 5. The molecule has 2 aliphatic rings. The number of aryl methyl sites for hydroxylation is 1. The van der Waals surface area contributed by atoms with Crippen LogP contribution in [0.25, 0.3) is 0 Å². The van der Waals surface area contributed by atoms with Crippen molar-refractivity contribution in [2.24, 2.45) is 0 Å². The number of aromatic nitrogens is 4. The van der Waals surface area contributed by atoms with Gasteiger partial charge in [0.25, 0.3) is 0 Å². The lowest BCUT2D eigenvalue weighted by Gasteiger charge is -2.33. The third-order valence-corrected chi connectivity index (χ3v) is 7.07. The highest BCUT2D eigenvalue weighted by atomic mass is 32.2. The van der Waals surface area contributed by atoms with Crippen molar-refractivity contribution < 1.29 is 8.42 Å². The Hall–Kier alpha value is -1.71. The third kappa shape index (κ3) is 3.84. The van der Waals surface area contributed by atoms with Gasteiger partial charge in [-0.25, -0.2) is 13.1 Å². The van der Waals surface area contributed by atoms with Crippen LogP contribution in [0.4, 0.5) is 0 Å². The van der Waals surface area contributed by atoms with Gasteiger partial charge in [0.15, 0.2) is 0 Å². The quantitative estimate of drug-likeness (QED) is 0.744. The van der Waals surface area contributed by atoms with Crippen molar-refractivity contribution in [3.05, 3.63) is 35.9 Å². The molecule has 8 nitrogen and oxygen atoms in total. The van der Waals surface area contributed by atoms with Crippen LogP contribution >= 0.6 is 0 Å². The molecule has 2 aromatic rings. The first kappa shape index (κ1) is 17.7. The molecule has 3 heterocycles. The van der Waals surface area contributed by atoms with Crippen molar-refractivity contribution in [3.63, 3.8) is 0 Å². The standard InChI is InChI=1S/C17H26N6O2S/c1-2-22-11-14(9-19-22)10-21-12-15-5-7-18-23(15)16(13-21)6-8-20-26(24,25)17-3-4-17/h5,7,9,11,16-17,20H,2-4,6,8,10,12-13H2,1H3. The highest BCUT2D eigenvalue weighted by molar-refractivity contribution is 7.90. The summed E-state index contributed by atoms with van der Waals surface area (Å²) in [6.45, 7) is 5.96. The molecule has 0 radical (unpaired) electrons. The lowest BCUT2D eigenvalue weighted by atomic mass is 10.1. The molecule has 0 saturated heterocycles. The van der Waals surface area contributed by atoms with E-state index in [1.165, 1.54) is 11.3 Å². The molecule has 1 fully saturated rings. The molecular weight excluding hydrogens is 352 g/mol. The van der Waals surface area contributed by atoms with E-state index in [1.54, 1.807) is 0 Å². The highest BCUT2D eigenvalue weighted by Gasteiger charge is 2.35. The van der Waals surface area contributed by atoms with E-state index in [1.807, 2.05) is 23.1 Å². The summed E-state index contributed by atoms with van der Waals surface area (Å²) in [5.41, 5.74) is 2.38. The van der Waals surface area contributed by atoms with Crippen LogP contribution < -0.4 is 4.72 Å². The minimum Gasteiger partial charge on any atom is -0.291 e. The minimum absolute atomic E-state index is 0.166. The first-order chi connectivity index (χ1) is 12.5. The van der Waals surface area contributed by atoms with E-state index in [0.29, 0.717) is 6.54 Å². The fourth-order valence-electron chi connectivity index (χ4n) is 3.58. The average molecular weight is 379 g/mol. The number of rotatable bonds is 8. The Morgan fingerprint density at radius 2 is 2.15 bits per heavy atom. The van der Waals surface area contributed by atoms with Crippen molar-refractivity contribution in [3.8, 4) is 0 Å². The minimum atomic E-state index is -3.12. The first-order valence-corrected chi connectivity index (χ1v) is 10.8. The van der Waals surface area contributed by atoms with E-state index in [-0.39, 0.29) is 11.3 Å². The van der Waals surface area contributed by atoms with E-state index in [2.05, 4.69) is 37.6 Å². The highest BCUT2D eigenvalue weighted by Crippen LogP contribution is 2.28. The zero-order valence-electron chi connectivity index (χ0n) is 15.1. The fraction of sp³-hybridized carbons (Fsp3) is 0.647. The summed E-state index contributed by atoms with van der Waals surface area (Å²) in [6, 6.07) is 2.22. The van der Waals surface area contributed by atoms with E-state index in [9.17, 15) is 8.42 Å². The Morgan fingerprint density at radius 3 is 2.88 bits per heavy atom. The van der Waals surface area contributed by atoms with Crippen LogP contribution in [0.1, 0.15) is 43.5 Å². The monoisotopic (exact) mass is 378 g/mol. The fourth-order valence-corrected chi connectivity index (χ4v) is 4.98. The second kappa shape index (κ2) is 7.13. The van der Waals surface area contributed by atoms with Crippen molar-refractivity contribution >= 4 is 10.0 Å². The molecular formula is C17H26N6O2S. The van der Waals surface area contributed by atoms with E-state index >= 15 is 0 Å². The maximum Gasteiger partial charge on any atom is 0.214 e. The van der Waals surface area contributed by atoms with Gasteiger partial charge in [-0.2, -0.15) is 10.2 Å². The van der Waals surface area contributed by atoms with Crippen LogP contribution in [-0.2, 0) is 29.7 Å². The summed E-state index contributed by atoms with van der Waals surface area (Å²) >= 11 is 0.